The highest BCUT2D eigenvalue weighted by atomic mass is 32.1. The van der Waals surface area contributed by atoms with Crippen molar-refractivity contribution in [2.75, 3.05) is 0 Å². The van der Waals surface area contributed by atoms with Crippen molar-refractivity contribution in [3.63, 3.8) is 0 Å². The van der Waals surface area contributed by atoms with Gasteiger partial charge in [-0.2, -0.15) is 0 Å². The number of aryl methyl sites for hydroxylation is 3. The lowest BCUT2D eigenvalue weighted by Crippen LogP contribution is -2.32. The fourth-order valence-corrected chi connectivity index (χ4v) is 4.53. The highest BCUT2D eigenvalue weighted by Gasteiger charge is 2.25. The van der Waals surface area contributed by atoms with Gasteiger partial charge in [0.2, 0.25) is 5.91 Å². The van der Waals surface area contributed by atoms with Gasteiger partial charge >= 0.3 is 5.69 Å². The lowest BCUT2D eigenvalue weighted by molar-refractivity contribution is -0.122. The molecule has 0 saturated heterocycles. The van der Waals surface area contributed by atoms with E-state index in [4.69, 9.17) is 0 Å². The summed E-state index contributed by atoms with van der Waals surface area (Å²) in [5.41, 5.74) is 2.48. The van der Waals surface area contributed by atoms with Crippen LogP contribution in [0.25, 0.3) is 11.0 Å². The summed E-state index contributed by atoms with van der Waals surface area (Å²) in [4.78, 5) is 33.2. The maximum Gasteiger partial charge on any atom is 0.326 e. The molecule has 3 aromatic rings. The zero-order valence-electron chi connectivity index (χ0n) is 14.0. The zero-order valence-corrected chi connectivity index (χ0v) is 14.9. The number of carbonyl (C=O) groups excluding carboxylic acids is 1. The summed E-state index contributed by atoms with van der Waals surface area (Å²) >= 11 is 1.72. The maximum atomic E-state index is 12.4. The summed E-state index contributed by atoms with van der Waals surface area (Å²) in [6, 6.07) is 7.52. The molecule has 130 valence electrons. The van der Waals surface area contributed by atoms with Gasteiger partial charge in [0.1, 0.15) is 0 Å². The Bertz CT molecular complexity index is 985. The molecule has 1 aliphatic rings. The minimum Gasteiger partial charge on any atom is -0.348 e. The number of nitrogens with one attached hydrogen (secondary N) is 2. The van der Waals surface area contributed by atoms with E-state index in [0.717, 1.165) is 41.0 Å². The Kier molecular flexibility index (Phi) is 4.17. The lowest BCUT2D eigenvalue weighted by Gasteiger charge is -2.22. The normalized spacial score (nSPS) is 16.8. The Morgan fingerprint density at radius 3 is 3.16 bits per heavy atom. The number of fused-ring (bicyclic) bond motifs is 2. The smallest absolute Gasteiger partial charge is 0.326 e. The first kappa shape index (κ1) is 16.1. The summed E-state index contributed by atoms with van der Waals surface area (Å²) in [5.74, 6) is -0.0410. The van der Waals surface area contributed by atoms with Gasteiger partial charge in [0.15, 0.2) is 0 Å². The highest BCUT2D eigenvalue weighted by molar-refractivity contribution is 7.11. The molecule has 25 heavy (non-hydrogen) atoms. The summed E-state index contributed by atoms with van der Waals surface area (Å²) in [5, 5.41) is 4.15. The van der Waals surface area contributed by atoms with E-state index >= 15 is 0 Å². The van der Waals surface area contributed by atoms with Crippen LogP contribution in [0, 0.1) is 6.92 Å². The van der Waals surface area contributed by atoms with Crippen LogP contribution in [0.1, 0.15) is 40.9 Å². The van der Waals surface area contributed by atoms with Crippen molar-refractivity contribution in [1.82, 2.24) is 19.9 Å². The SMILES string of the molecule is Cc1nc2c(s1)CCC[C@@H]2NC(=O)CCn1c(=O)[nH]c2ccccc21. The monoisotopic (exact) mass is 356 g/mol. The molecule has 0 aliphatic heterocycles. The number of thiazole rings is 1. The molecular weight excluding hydrogens is 336 g/mol. The summed E-state index contributed by atoms with van der Waals surface area (Å²) in [7, 11) is 0. The van der Waals surface area contributed by atoms with Gasteiger partial charge in [0.25, 0.3) is 0 Å². The van der Waals surface area contributed by atoms with E-state index in [1.807, 2.05) is 31.2 Å². The number of amides is 1. The predicted octanol–water partition coefficient (Wildman–Crippen LogP) is 2.68. The van der Waals surface area contributed by atoms with E-state index in [9.17, 15) is 9.59 Å². The molecule has 6 nitrogen and oxygen atoms in total. The molecule has 0 spiro atoms. The van der Waals surface area contributed by atoms with Crippen molar-refractivity contribution in [2.45, 2.75) is 45.2 Å². The molecule has 0 radical (unpaired) electrons. The van der Waals surface area contributed by atoms with Crippen molar-refractivity contribution in [3.05, 3.63) is 50.3 Å². The second kappa shape index (κ2) is 6.48. The molecule has 2 aromatic heterocycles. The van der Waals surface area contributed by atoms with Crippen molar-refractivity contribution < 1.29 is 4.79 Å². The van der Waals surface area contributed by atoms with Crippen molar-refractivity contribution >= 4 is 28.3 Å². The molecule has 0 fully saturated rings. The lowest BCUT2D eigenvalue weighted by atomic mass is 9.97. The minimum absolute atomic E-state index is 0.000825. The fraction of sp³-hybridized carbons (Fsp3) is 0.389. The summed E-state index contributed by atoms with van der Waals surface area (Å²) < 4.78 is 1.62. The van der Waals surface area contributed by atoms with Gasteiger partial charge in [0.05, 0.1) is 27.8 Å². The fourth-order valence-electron chi connectivity index (χ4n) is 3.49. The van der Waals surface area contributed by atoms with Gasteiger partial charge in [-0.15, -0.1) is 11.3 Å². The van der Waals surface area contributed by atoms with E-state index in [-0.39, 0.29) is 24.1 Å². The number of carbonyl (C=O) groups is 1. The van der Waals surface area contributed by atoms with Crippen LogP contribution >= 0.6 is 11.3 Å². The maximum absolute atomic E-state index is 12.4. The van der Waals surface area contributed by atoms with Crippen LogP contribution in [0.3, 0.4) is 0 Å². The summed E-state index contributed by atoms with van der Waals surface area (Å²) in [6.45, 7) is 2.37. The molecule has 0 unspecified atom stereocenters. The van der Waals surface area contributed by atoms with Gasteiger partial charge in [0, 0.05) is 17.8 Å². The molecule has 4 rings (SSSR count). The molecule has 1 amide bonds. The Morgan fingerprint density at radius 1 is 1.44 bits per heavy atom. The molecule has 1 atom stereocenters. The molecular formula is C18H20N4O2S. The zero-order chi connectivity index (χ0) is 17.4. The van der Waals surface area contributed by atoms with Crippen LogP contribution < -0.4 is 11.0 Å². The van der Waals surface area contributed by atoms with Gasteiger partial charge in [-0.3, -0.25) is 9.36 Å². The van der Waals surface area contributed by atoms with Crippen LogP contribution in [0.4, 0.5) is 0 Å². The number of rotatable bonds is 4. The second-order valence-electron chi connectivity index (χ2n) is 6.40. The van der Waals surface area contributed by atoms with Crippen molar-refractivity contribution in [2.24, 2.45) is 0 Å². The third-order valence-corrected chi connectivity index (χ3v) is 5.69. The van der Waals surface area contributed by atoms with E-state index in [1.165, 1.54) is 4.88 Å². The molecule has 2 heterocycles. The van der Waals surface area contributed by atoms with Crippen molar-refractivity contribution in [1.29, 1.82) is 0 Å². The first-order chi connectivity index (χ1) is 12.1. The second-order valence-corrected chi connectivity index (χ2v) is 7.69. The van der Waals surface area contributed by atoms with Crippen LogP contribution in [-0.4, -0.2) is 20.4 Å². The number of benzene rings is 1. The molecule has 2 N–H and O–H groups in total. The average Bonchev–Trinajstić information content (AvgIpc) is 3.12. The van der Waals surface area contributed by atoms with Gasteiger partial charge < -0.3 is 10.3 Å². The number of hydrogen-bond donors (Lipinski definition) is 2. The average molecular weight is 356 g/mol. The number of nitrogens with zero attached hydrogens (tertiary/aromatic N) is 2. The van der Waals surface area contributed by atoms with Gasteiger partial charge in [-0.1, -0.05) is 12.1 Å². The predicted molar refractivity (Wildman–Crippen MR) is 97.8 cm³/mol. The largest absolute Gasteiger partial charge is 0.348 e. The quantitative estimate of drug-likeness (QED) is 0.754. The number of hydrogen-bond acceptors (Lipinski definition) is 4. The first-order valence-electron chi connectivity index (χ1n) is 8.55. The third kappa shape index (κ3) is 3.11. The number of para-hydroxylation sites is 2. The highest BCUT2D eigenvalue weighted by Crippen LogP contribution is 2.33. The Balaban J connectivity index is 1.45. The minimum atomic E-state index is -0.177. The Labute approximate surface area is 148 Å². The van der Waals surface area contributed by atoms with Gasteiger partial charge in [-0.05, 0) is 38.3 Å². The first-order valence-corrected chi connectivity index (χ1v) is 9.36. The van der Waals surface area contributed by atoms with Crippen LogP contribution in [0.5, 0.6) is 0 Å². The Morgan fingerprint density at radius 2 is 2.28 bits per heavy atom. The molecule has 1 aromatic carbocycles. The number of aromatic amines is 1. The van der Waals surface area contributed by atoms with E-state index in [2.05, 4.69) is 15.3 Å². The number of imidazole rings is 1. The molecule has 0 bridgehead atoms. The van der Waals surface area contributed by atoms with E-state index < -0.39 is 0 Å². The topological polar surface area (TPSA) is 79.8 Å². The van der Waals surface area contributed by atoms with E-state index in [1.54, 1.807) is 15.9 Å². The standard InChI is InChI=1S/C18H20N4O2S/c1-11-19-17-13(6-4-8-15(17)25-11)20-16(23)9-10-22-14-7-3-2-5-12(14)21-18(22)24/h2-3,5,7,13H,4,6,8-10H2,1H3,(H,20,23)(H,21,24)/t13-/m0/s1. The van der Waals surface area contributed by atoms with Crippen LogP contribution in [0.15, 0.2) is 29.1 Å². The van der Waals surface area contributed by atoms with Crippen LogP contribution in [-0.2, 0) is 17.8 Å². The number of H-pyrrole nitrogens is 1. The molecule has 7 heteroatoms. The number of aromatic nitrogens is 3. The van der Waals surface area contributed by atoms with Crippen molar-refractivity contribution in [3.8, 4) is 0 Å². The van der Waals surface area contributed by atoms with Crippen LogP contribution in [0.2, 0.25) is 0 Å². The Hall–Kier alpha value is -2.41. The molecule has 1 aliphatic carbocycles. The molecule has 0 saturated carbocycles. The summed E-state index contributed by atoms with van der Waals surface area (Å²) in [6.07, 6.45) is 3.32. The van der Waals surface area contributed by atoms with Gasteiger partial charge in [-0.25, -0.2) is 9.78 Å². The third-order valence-electron chi connectivity index (χ3n) is 4.64. The van der Waals surface area contributed by atoms with E-state index in [0.29, 0.717) is 6.54 Å².